The second-order valence-electron chi connectivity index (χ2n) is 4.11. The normalized spacial score (nSPS) is 10.8. The summed E-state index contributed by atoms with van der Waals surface area (Å²) in [7, 11) is 0. The molecule has 2 heterocycles. The van der Waals surface area contributed by atoms with Gasteiger partial charge in [-0.25, -0.2) is 14.4 Å². The van der Waals surface area contributed by atoms with Crippen molar-refractivity contribution in [2.75, 3.05) is 0 Å². The molecule has 0 N–H and O–H groups in total. The number of pyridine rings is 1. The summed E-state index contributed by atoms with van der Waals surface area (Å²) in [6, 6.07) is 11.6. The van der Waals surface area contributed by atoms with Crippen molar-refractivity contribution in [3.05, 3.63) is 65.1 Å². The van der Waals surface area contributed by atoms with Crippen LogP contribution in [0.5, 0.6) is 0 Å². The predicted molar refractivity (Wildman–Crippen MR) is 71.5 cm³/mol. The molecule has 0 atom stereocenters. The topological polar surface area (TPSA) is 38.7 Å². The molecular formula is C14H9ClFN3. The third-order valence-electron chi connectivity index (χ3n) is 2.79. The van der Waals surface area contributed by atoms with Gasteiger partial charge in [-0.2, -0.15) is 0 Å². The number of aromatic nitrogens is 3. The lowest BCUT2D eigenvalue weighted by molar-refractivity contribution is 0.595. The highest BCUT2D eigenvalue weighted by molar-refractivity contribution is 6.28. The molecule has 0 bridgehead atoms. The van der Waals surface area contributed by atoms with E-state index in [1.165, 1.54) is 0 Å². The minimum absolute atomic E-state index is 0.0391. The van der Waals surface area contributed by atoms with Crippen molar-refractivity contribution in [1.29, 1.82) is 0 Å². The van der Waals surface area contributed by atoms with Crippen molar-refractivity contribution in [2.24, 2.45) is 0 Å². The fourth-order valence-corrected chi connectivity index (χ4v) is 2.03. The van der Waals surface area contributed by atoms with Crippen molar-refractivity contribution < 1.29 is 4.39 Å². The fourth-order valence-electron chi connectivity index (χ4n) is 1.88. The predicted octanol–water partition coefficient (Wildman–Crippen LogP) is 3.41. The molecule has 0 spiro atoms. The summed E-state index contributed by atoms with van der Waals surface area (Å²) in [5.41, 5.74) is 1.87. The zero-order valence-electron chi connectivity index (χ0n) is 9.85. The number of benzene rings is 1. The highest BCUT2D eigenvalue weighted by atomic mass is 35.5. The number of nitrogens with zero attached hydrogens (tertiary/aromatic N) is 3. The maximum absolute atomic E-state index is 13.6. The van der Waals surface area contributed by atoms with Gasteiger partial charge in [-0.15, -0.1) is 0 Å². The van der Waals surface area contributed by atoms with E-state index in [4.69, 9.17) is 11.6 Å². The van der Waals surface area contributed by atoms with Crippen molar-refractivity contribution in [2.45, 2.75) is 6.42 Å². The summed E-state index contributed by atoms with van der Waals surface area (Å²) in [4.78, 5) is 11.9. The van der Waals surface area contributed by atoms with Crippen LogP contribution in [-0.2, 0) is 6.42 Å². The van der Waals surface area contributed by atoms with Gasteiger partial charge in [0.2, 0.25) is 5.28 Å². The van der Waals surface area contributed by atoms with E-state index in [-0.39, 0.29) is 11.0 Å². The van der Waals surface area contributed by atoms with E-state index >= 15 is 0 Å². The van der Waals surface area contributed by atoms with Gasteiger partial charge in [0.1, 0.15) is 0 Å². The molecule has 2 aromatic heterocycles. The van der Waals surface area contributed by atoms with E-state index in [0.717, 1.165) is 22.8 Å². The van der Waals surface area contributed by atoms with Crippen LogP contribution in [0, 0.1) is 5.82 Å². The zero-order valence-corrected chi connectivity index (χ0v) is 10.6. The summed E-state index contributed by atoms with van der Waals surface area (Å²) < 4.78 is 13.6. The van der Waals surface area contributed by atoms with Crippen LogP contribution in [0.25, 0.3) is 10.9 Å². The Morgan fingerprint density at radius 2 is 1.89 bits per heavy atom. The first kappa shape index (κ1) is 12.0. The molecule has 19 heavy (non-hydrogen) atoms. The fraction of sp³-hybridized carbons (Fsp3) is 0.0714. The van der Waals surface area contributed by atoms with Crippen LogP contribution in [0.4, 0.5) is 4.39 Å². The van der Waals surface area contributed by atoms with Crippen molar-refractivity contribution >= 4 is 22.5 Å². The van der Waals surface area contributed by atoms with Crippen LogP contribution in [0.3, 0.4) is 0 Å². The molecule has 3 aromatic rings. The van der Waals surface area contributed by atoms with Gasteiger partial charge in [0.15, 0.2) is 5.82 Å². The second kappa shape index (κ2) is 4.90. The summed E-state index contributed by atoms with van der Waals surface area (Å²) in [5, 5.41) is 1.09. The summed E-state index contributed by atoms with van der Waals surface area (Å²) in [5.74, 6) is -0.473. The Morgan fingerprint density at radius 1 is 1.05 bits per heavy atom. The van der Waals surface area contributed by atoms with Crippen LogP contribution < -0.4 is 0 Å². The molecule has 0 fully saturated rings. The Labute approximate surface area is 114 Å². The van der Waals surface area contributed by atoms with E-state index in [0.29, 0.717) is 6.42 Å². The molecule has 3 nitrogen and oxygen atoms in total. The maximum Gasteiger partial charge on any atom is 0.222 e. The van der Waals surface area contributed by atoms with Gasteiger partial charge in [-0.05, 0) is 23.7 Å². The molecule has 1 aromatic carbocycles. The van der Waals surface area contributed by atoms with Crippen molar-refractivity contribution in [3.63, 3.8) is 0 Å². The average molecular weight is 274 g/mol. The summed E-state index contributed by atoms with van der Waals surface area (Å²) >= 11 is 5.67. The van der Waals surface area contributed by atoms with Gasteiger partial charge in [0.05, 0.1) is 17.4 Å². The van der Waals surface area contributed by atoms with E-state index in [9.17, 15) is 4.39 Å². The Balaban J connectivity index is 1.98. The number of halogens is 2. The Bertz CT molecular complexity index is 746. The molecule has 0 aliphatic heterocycles. The van der Waals surface area contributed by atoms with Gasteiger partial charge >= 0.3 is 0 Å². The molecule has 0 radical (unpaired) electrons. The molecule has 0 unspecified atom stereocenters. The number of hydrogen-bond acceptors (Lipinski definition) is 3. The van der Waals surface area contributed by atoms with Crippen LogP contribution in [0.2, 0.25) is 5.28 Å². The van der Waals surface area contributed by atoms with Crippen molar-refractivity contribution in [1.82, 2.24) is 15.0 Å². The first-order valence-electron chi connectivity index (χ1n) is 5.74. The van der Waals surface area contributed by atoms with Crippen LogP contribution in [0.15, 0.2) is 42.6 Å². The van der Waals surface area contributed by atoms with Crippen molar-refractivity contribution in [3.8, 4) is 0 Å². The van der Waals surface area contributed by atoms with E-state index in [1.54, 1.807) is 0 Å². The van der Waals surface area contributed by atoms with Gasteiger partial charge < -0.3 is 0 Å². The standard InChI is InChI=1S/C14H9ClFN3/c15-14-17-8-11(16)13(19-14)7-10-6-5-9-3-1-2-4-12(9)18-10/h1-6,8H,7H2. The first-order valence-corrected chi connectivity index (χ1v) is 6.12. The van der Waals surface area contributed by atoms with Gasteiger partial charge in [-0.1, -0.05) is 24.3 Å². The van der Waals surface area contributed by atoms with E-state index in [1.807, 2.05) is 36.4 Å². The highest BCUT2D eigenvalue weighted by Crippen LogP contribution is 2.15. The Hall–Kier alpha value is -2.07. The molecule has 94 valence electrons. The molecule has 0 aliphatic carbocycles. The van der Waals surface area contributed by atoms with Gasteiger partial charge in [0, 0.05) is 17.5 Å². The highest BCUT2D eigenvalue weighted by Gasteiger charge is 2.08. The molecule has 0 saturated carbocycles. The lowest BCUT2D eigenvalue weighted by Gasteiger charge is -2.04. The van der Waals surface area contributed by atoms with Gasteiger partial charge in [0.25, 0.3) is 0 Å². The number of fused-ring (bicyclic) bond motifs is 1. The third-order valence-corrected chi connectivity index (χ3v) is 2.97. The molecule has 3 rings (SSSR count). The number of rotatable bonds is 2. The Kier molecular flexibility index (Phi) is 3.09. The molecule has 0 amide bonds. The zero-order chi connectivity index (χ0) is 13.2. The number of hydrogen-bond donors (Lipinski definition) is 0. The first-order chi connectivity index (χ1) is 9.22. The minimum atomic E-state index is -0.473. The molecule has 0 aliphatic rings. The average Bonchev–Trinajstić information content (AvgIpc) is 2.43. The minimum Gasteiger partial charge on any atom is -0.252 e. The SMILES string of the molecule is Fc1cnc(Cl)nc1Cc1ccc2ccccc2n1. The maximum atomic E-state index is 13.6. The monoisotopic (exact) mass is 273 g/mol. The Morgan fingerprint density at radius 3 is 2.79 bits per heavy atom. The molecular weight excluding hydrogens is 265 g/mol. The molecule has 0 saturated heterocycles. The smallest absolute Gasteiger partial charge is 0.222 e. The quantitative estimate of drug-likeness (QED) is 0.672. The number of para-hydroxylation sites is 1. The van der Waals surface area contributed by atoms with E-state index in [2.05, 4.69) is 15.0 Å². The van der Waals surface area contributed by atoms with Gasteiger partial charge in [-0.3, -0.25) is 4.98 Å². The van der Waals surface area contributed by atoms with Crippen LogP contribution in [0.1, 0.15) is 11.4 Å². The second-order valence-corrected chi connectivity index (χ2v) is 4.44. The van der Waals surface area contributed by atoms with Crippen LogP contribution in [-0.4, -0.2) is 15.0 Å². The summed E-state index contributed by atoms with van der Waals surface area (Å²) in [6.07, 6.45) is 1.37. The lowest BCUT2D eigenvalue weighted by atomic mass is 10.1. The molecule has 5 heteroatoms. The lowest BCUT2D eigenvalue weighted by Crippen LogP contribution is -2.00. The summed E-state index contributed by atoms with van der Waals surface area (Å²) in [6.45, 7) is 0. The van der Waals surface area contributed by atoms with E-state index < -0.39 is 5.82 Å². The largest absolute Gasteiger partial charge is 0.252 e. The van der Waals surface area contributed by atoms with Crippen LogP contribution >= 0.6 is 11.6 Å². The third kappa shape index (κ3) is 2.53.